The number of imidazole rings is 1. The maximum absolute atomic E-state index is 12.6. The number of nitrogens with one attached hydrogen (secondary N) is 1. The van der Waals surface area contributed by atoms with Crippen molar-refractivity contribution in [2.45, 2.75) is 32.7 Å². The summed E-state index contributed by atoms with van der Waals surface area (Å²) in [6.07, 6.45) is 5.31. The Morgan fingerprint density at radius 3 is 2.58 bits per heavy atom. The van der Waals surface area contributed by atoms with E-state index in [1.54, 1.807) is 7.11 Å². The molecule has 0 saturated carbocycles. The Bertz CT molecular complexity index is 703. The summed E-state index contributed by atoms with van der Waals surface area (Å²) >= 11 is 0. The lowest BCUT2D eigenvalue weighted by molar-refractivity contribution is 0.0627. The number of rotatable bonds is 7. The van der Waals surface area contributed by atoms with Crippen LogP contribution in [0.15, 0.2) is 30.5 Å². The number of aromatic amines is 1. The number of benzene rings is 1. The molecule has 140 valence electrons. The van der Waals surface area contributed by atoms with E-state index in [1.165, 1.54) is 12.8 Å². The number of amides is 1. The van der Waals surface area contributed by atoms with Gasteiger partial charge >= 0.3 is 0 Å². The number of aromatic nitrogens is 2. The molecule has 6 heteroatoms. The Hall–Kier alpha value is -2.34. The minimum absolute atomic E-state index is 0.0932. The SMILES string of the molecule is CCCCc1ncc(CN2CCN(C(=O)c3ccc(OC)cc3)CC2)[nH]1. The monoisotopic (exact) mass is 356 g/mol. The van der Waals surface area contributed by atoms with Gasteiger partial charge in [0.1, 0.15) is 11.6 Å². The Kier molecular flexibility index (Phi) is 6.28. The van der Waals surface area contributed by atoms with Crippen LogP contribution in [0.3, 0.4) is 0 Å². The maximum atomic E-state index is 12.6. The molecule has 1 aliphatic heterocycles. The molecule has 0 unspecified atom stereocenters. The number of piperazine rings is 1. The summed E-state index contributed by atoms with van der Waals surface area (Å²) in [7, 11) is 1.63. The summed E-state index contributed by atoms with van der Waals surface area (Å²) in [5, 5.41) is 0. The van der Waals surface area contributed by atoms with Crippen LogP contribution in [0.25, 0.3) is 0 Å². The van der Waals surface area contributed by atoms with Crippen molar-refractivity contribution in [1.82, 2.24) is 19.8 Å². The fraction of sp³-hybridized carbons (Fsp3) is 0.500. The quantitative estimate of drug-likeness (QED) is 0.829. The van der Waals surface area contributed by atoms with Crippen molar-refractivity contribution in [3.05, 3.63) is 47.5 Å². The third-order valence-electron chi connectivity index (χ3n) is 4.84. The van der Waals surface area contributed by atoms with Crippen LogP contribution in [0.1, 0.15) is 41.6 Å². The number of ether oxygens (including phenoxy) is 1. The summed E-state index contributed by atoms with van der Waals surface area (Å²) < 4.78 is 5.15. The minimum Gasteiger partial charge on any atom is -0.497 e. The molecule has 0 bridgehead atoms. The number of H-pyrrole nitrogens is 1. The van der Waals surface area contributed by atoms with Crippen molar-refractivity contribution in [3.63, 3.8) is 0 Å². The molecule has 1 aromatic carbocycles. The van der Waals surface area contributed by atoms with Crippen LogP contribution in [0.2, 0.25) is 0 Å². The van der Waals surface area contributed by atoms with Gasteiger partial charge in [-0.2, -0.15) is 0 Å². The zero-order chi connectivity index (χ0) is 18.4. The van der Waals surface area contributed by atoms with Gasteiger partial charge in [-0.1, -0.05) is 13.3 Å². The molecule has 1 saturated heterocycles. The Balaban J connectivity index is 1.48. The van der Waals surface area contributed by atoms with Crippen molar-refractivity contribution >= 4 is 5.91 Å². The van der Waals surface area contributed by atoms with Gasteiger partial charge in [-0.15, -0.1) is 0 Å². The van der Waals surface area contributed by atoms with E-state index in [4.69, 9.17) is 4.74 Å². The van der Waals surface area contributed by atoms with Crippen LogP contribution in [0, 0.1) is 0 Å². The second-order valence-electron chi connectivity index (χ2n) is 6.76. The highest BCUT2D eigenvalue weighted by Gasteiger charge is 2.22. The summed E-state index contributed by atoms with van der Waals surface area (Å²) in [6.45, 7) is 6.32. The summed E-state index contributed by atoms with van der Waals surface area (Å²) in [5.41, 5.74) is 1.87. The van der Waals surface area contributed by atoms with Crippen LogP contribution >= 0.6 is 0 Å². The topological polar surface area (TPSA) is 61.5 Å². The van der Waals surface area contributed by atoms with Crippen molar-refractivity contribution < 1.29 is 9.53 Å². The molecular weight excluding hydrogens is 328 g/mol. The molecule has 1 aliphatic rings. The van der Waals surface area contributed by atoms with Crippen LogP contribution in [-0.4, -0.2) is 59.0 Å². The van der Waals surface area contributed by atoms with E-state index in [0.717, 1.165) is 56.4 Å². The molecule has 1 aromatic heterocycles. The van der Waals surface area contributed by atoms with Gasteiger partial charge in [-0.3, -0.25) is 9.69 Å². The van der Waals surface area contributed by atoms with Gasteiger partial charge in [0.25, 0.3) is 5.91 Å². The summed E-state index contributed by atoms with van der Waals surface area (Å²) in [5.74, 6) is 1.94. The molecule has 3 rings (SSSR count). The van der Waals surface area contributed by atoms with E-state index in [9.17, 15) is 4.79 Å². The lowest BCUT2D eigenvalue weighted by Crippen LogP contribution is -2.48. The lowest BCUT2D eigenvalue weighted by Gasteiger charge is -2.34. The summed E-state index contributed by atoms with van der Waals surface area (Å²) in [4.78, 5) is 24.8. The van der Waals surface area contributed by atoms with Crippen LogP contribution < -0.4 is 4.74 Å². The second-order valence-corrected chi connectivity index (χ2v) is 6.76. The largest absolute Gasteiger partial charge is 0.497 e. The highest BCUT2D eigenvalue weighted by atomic mass is 16.5. The molecule has 1 fully saturated rings. The van der Waals surface area contributed by atoms with E-state index >= 15 is 0 Å². The smallest absolute Gasteiger partial charge is 0.253 e. The van der Waals surface area contributed by atoms with Gasteiger partial charge < -0.3 is 14.6 Å². The molecule has 0 aliphatic carbocycles. The number of carbonyl (C=O) groups is 1. The van der Waals surface area contributed by atoms with Crippen LogP contribution in [0.4, 0.5) is 0 Å². The van der Waals surface area contributed by atoms with E-state index in [0.29, 0.717) is 5.56 Å². The van der Waals surface area contributed by atoms with Gasteiger partial charge in [0.05, 0.1) is 7.11 Å². The van der Waals surface area contributed by atoms with E-state index < -0.39 is 0 Å². The predicted octanol–water partition coefficient (Wildman–Crippen LogP) is 2.72. The van der Waals surface area contributed by atoms with Gasteiger partial charge in [-0.25, -0.2) is 4.98 Å². The third kappa shape index (κ3) is 4.64. The highest BCUT2D eigenvalue weighted by Crippen LogP contribution is 2.15. The molecule has 0 atom stereocenters. The standard InChI is InChI=1S/C20H28N4O2/c1-3-4-5-19-21-14-17(22-19)15-23-10-12-24(13-11-23)20(25)16-6-8-18(26-2)9-7-16/h6-9,14H,3-5,10-13,15H2,1-2H3,(H,21,22). The predicted molar refractivity (Wildman–Crippen MR) is 101 cm³/mol. The first-order valence-corrected chi connectivity index (χ1v) is 9.38. The molecule has 0 spiro atoms. The number of hydrogen-bond acceptors (Lipinski definition) is 4. The normalized spacial score (nSPS) is 15.2. The van der Waals surface area contributed by atoms with Gasteiger partial charge in [0, 0.05) is 56.6 Å². The van der Waals surface area contributed by atoms with E-state index in [2.05, 4.69) is 21.8 Å². The minimum atomic E-state index is 0.0932. The lowest BCUT2D eigenvalue weighted by atomic mass is 10.1. The molecule has 1 N–H and O–H groups in total. The highest BCUT2D eigenvalue weighted by molar-refractivity contribution is 5.94. The number of unbranched alkanes of at least 4 members (excludes halogenated alkanes) is 1. The van der Waals surface area contributed by atoms with Gasteiger partial charge in [0.15, 0.2) is 0 Å². The number of hydrogen-bond donors (Lipinski definition) is 1. The number of nitrogens with zero attached hydrogens (tertiary/aromatic N) is 3. The van der Waals surface area contributed by atoms with Crippen LogP contribution in [-0.2, 0) is 13.0 Å². The molecular formula is C20H28N4O2. The van der Waals surface area contributed by atoms with Crippen molar-refractivity contribution in [1.29, 1.82) is 0 Å². The Morgan fingerprint density at radius 2 is 1.92 bits per heavy atom. The molecule has 6 nitrogen and oxygen atoms in total. The van der Waals surface area contributed by atoms with Crippen LogP contribution in [0.5, 0.6) is 5.75 Å². The molecule has 2 aromatic rings. The Morgan fingerprint density at radius 1 is 1.19 bits per heavy atom. The van der Waals surface area contributed by atoms with E-state index in [-0.39, 0.29) is 5.91 Å². The zero-order valence-corrected chi connectivity index (χ0v) is 15.7. The fourth-order valence-corrected chi connectivity index (χ4v) is 3.22. The average Bonchev–Trinajstić information content (AvgIpc) is 3.13. The number of carbonyl (C=O) groups excluding carboxylic acids is 1. The third-order valence-corrected chi connectivity index (χ3v) is 4.84. The first-order valence-electron chi connectivity index (χ1n) is 9.38. The number of methoxy groups -OCH3 is 1. The number of aryl methyl sites for hydroxylation is 1. The van der Waals surface area contributed by atoms with E-state index in [1.807, 2.05) is 35.4 Å². The second kappa shape index (κ2) is 8.85. The molecule has 26 heavy (non-hydrogen) atoms. The molecule has 2 heterocycles. The van der Waals surface area contributed by atoms with Crippen molar-refractivity contribution in [2.24, 2.45) is 0 Å². The van der Waals surface area contributed by atoms with Crippen molar-refractivity contribution in [2.75, 3.05) is 33.3 Å². The van der Waals surface area contributed by atoms with Crippen molar-refractivity contribution in [3.8, 4) is 5.75 Å². The Labute approximate surface area is 155 Å². The molecule has 1 amide bonds. The zero-order valence-electron chi connectivity index (χ0n) is 15.7. The van der Waals surface area contributed by atoms with Gasteiger partial charge in [-0.05, 0) is 30.7 Å². The first-order chi connectivity index (χ1) is 12.7. The average molecular weight is 356 g/mol. The summed E-state index contributed by atoms with van der Waals surface area (Å²) in [6, 6.07) is 7.32. The fourth-order valence-electron chi connectivity index (χ4n) is 3.22. The molecule has 0 radical (unpaired) electrons. The first kappa shape index (κ1) is 18.5. The maximum Gasteiger partial charge on any atom is 0.253 e. The van der Waals surface area contributed by atoms with Gasteiger partial charge in [0.2, 0.25) is 0 Å².